The van der Waals surface area contributed by atoms with Crippen molar-refractivity contribution >= 4 is 17.5 Å². The molecule has 1 aliphatic heterocycles. The minimum atomic E-state index is -0.432. The normalized spacial score (nSPS) is 18.5. The number of carbonyl (C=O) groups is 2. The lowest BCUT2D eigenvalue weighted by Crippen LogP contribution is -2.43. The molecule has 1 aromatic carbocycles. The molecular formula is C15H20N2O2. The third-order valence-corrected chi connectivity index (χ3v) is 3.22. The molecule has 1 aliphatic rings. The van der Waals surface area contributed by atoms with Crippen LogP contribution in [-0.2, 0) is 16.0 Å². The Morgan fingerprint density at radius 3 is 2.89 bits per heavy atom. The van der Waals surface area contributed by atoms with Crippen molar-refractivity contribution in [2.45, 2.75) is 39.2 Å². The van der Waals surface area contributed by atoms with E-state index in [1.54, 1.807) is 0 Å². The van der Waals surface area contributed by atoms with Gasteiger partial charge in [-0.2, -0.15) is 0 Å². The molecule has 0 radical (unpaired) electrons. The van der Waals surface area contributed by atoms with E-state index in [1.165, 1.54) is 0 Å². The van der Waals surface area contributed by atoms with Gasteiger partial charge in [0.2, 0.25) is 11.8 Å². The maximum atomic E-state index is 12.1. The number of aryl methyl sites for hydroxylation is 1. The van der Waals surface area contributed by atoms with E-state index in [-0.39, 0.29) is 11.8 Å². The lowest BCUT2D eigenvalue weighted by Gasteiger charge is -2.16. The predicted molar refractivity (Wildman–Crippen MR) is 74.8 cm³/mol. The van der Waals surface area contributed by atoms with Gasteiger partial charge < -0.3 is 10.6 Å². The Hall–Kier alpha value is -1.84. The molecule has 2 N–H and O–H groups in total. The molecule has 2 rings (SSSR count). The lowest BCUT2D eigenvalue weighted by molar-refractivity contribution is -0.127. The summed E-state index contributed by atoms with van der Waals surface area (Å²) < 4.78 is 0. The maximum Gasteiger partial charge on any atom is 0.246 e. The van der Waals surface area contributed by atoms with Crippen molar-refractivity contribution in [3.63, 3.8) is 0 Å². The van der Waals surface area contributed by atoms with Crippen molar-refractivity contribution in [3.05, 3.63) is 29.8 Å². The van der Waals surface area contributed by atoms with E-state index in [0.29, 0.717) is 18.8 Å². The number of carbonyl (C=O) groups excluding carboxylic acids is 2. The van der Waals surface area contributed by atoms with Crippen LogP contribution in [0.2, 0.25) is 0 Å². The van der Waals surface area contributed by atoms with E-state index >= 15 is 0 Å². The van der Waals surface area contributed by atoms with Crippen molar-refractivity contribution < 1.29 is 9.59 Å². The van der Waals surface area contributed by atoms with Crippen molar-refractivity contribution in [1.82, 2.24) is 5.32 Å². The molecule has 4 heteroatoms. The number of fused-ring (bicyclic) bond motifs is 1. The van der Waals surface area contributed by atoms with Crippen LogP contribution in [0, 0.1) is 5.92 Å². The number of amides is 2. The molecule has 0 aliphatic carbocycles. The molecule has 4 nitrogen and oxygen atoms in total. The van der Waals surface area contributed by atoms with Crippen LogP contribution >= 0.6 is 0 Å². The second-order valence-corrected chi connectivity index (χ2v) is 5.40. The van der Waals surface area contributed by atoms with Crippen LogP contribution in [0.25, 0.3) is 0 Å². The number of anilines is 1. The Kier molecular flexibility index (Phi) is 4.20. The highest BCUT2D eigenvalue weighted by Gasteiger charge is 2.24. The summed E-state index contributed by atoms with van der Waals surface area (Å²) in [7, 11) is 0. The fraction of sp³-hybridized carbons (Fsp3) is 0.467. The SMILES string of the molecule is CC(C)CC(=O)N[C@@H]1CCc2ccccc2NC1=O. The largest absolute Gasteiger partial charge is 0.344 e. The van der Waals surface area contributed by atoms with Gasteiger partial charge in [-0.05, 0) is 30.4 Å². The topological polar surface area (TPSA) is 58.2 Å². The molecule has 0 saturated heterocycles. The minimum absolute atomic E-state index is 0.0545. The number of hydrogen-bond acceptors (Lipinski definition) is 2. The van der Waals surface area contributed by atoms with Gasteiger partial charge in [-0.3, -0.25) is 9.59 Å². The number of para-hydroxylation sites is 1. The molecule has 0 bridgehead atoms. The van der Waals surface area contributed by atoms with E-state index in [1.807, 2.05) is 38.1 Å². The number of benzene rings is 1. The summed E-state index contributed by atoms with van der Waals surface area (Å²) in [6.07, 6.45) is 1.89. The highest BCUT2D eigenvalue weighted by atomic mass is 16.2. The number of rotatable bonds is 3. The molecule has 0 spiro atoms. The van der Waals surface area contributed by atoms with E-state index in [9.17, 15) is 9.59 Å². The molecular weight excluding hydrogens is 240 g/mol. The highest BCUT2D eigenvalue weighted by molar-refractivity contribution is 5.98. The molecule has 2 amide bonds. The van der Waals surface area contributed by atoms with Crippen LogP contribution < -0.4 is 10.6 Å². The van der Waals surface area contributed by atoms with Crippen molar-refractivity contribution in [1.29, 1.82) is 0 Å². The smallest absolute Gasteiger partial charge is 0.246 e. The molecule has 0 unspecified atom stereocenters. The van der Waals surface area contributed by atoms with Crippen LogP contribution in [0.3, 0.4) is 0 Å². The summed E-state index contributed by atoms with van der Waals surface area (Å²) in [5, 5.41) is 5.70. The fourth-order valence-electron chi connectivity index (χ4n) is 2.27. The first-order chi connectivity index (χ1) is 9.06. The van der Waals surface area contributed by atoms with Crippen LogP contribution in [0.4, 0.5) is 5.69 Å². The zero-order valence-electron chi connectivity index (χ0n) is 11.4. The van der Waals surface area contributed by atoms with Crippen LogP contribution in [0.15, 0.2) is 24.3 Å². The van der Waals surface area contributed by atoms with Gasteiger partial charge in [0, 0.05) is 12.1 Å². The lowest BCUT2D eigenvalue weighted by atomic mass is 10.1. The number of hydrogen-bond donors (Lipinski definition) is 2. The molecule has 19 heavy (non-hydrogen) atoms. The third kappa shape index (κ3) is 3.56. The zero-order valence-corrected chi connectivity index (χ0v) is 11.4. The van der Waals surface area contributed by atoms with Crippen molar-refractivity contribution in [2.24, 2.45) is 5.92 Å². The molecule has 1 atom stereocenters. The minimum Gasteiger partial charge on any atom is -0.344 e. The third-order valence-electron chi connectivity index (χ3n) is 3.22. The Balaban J connectivity index is 2.02. The molecule has 0 aromatic heterocycles. The fourth-order valence-corrected chi connectivity index (χ4v) is 2.27. The van der Waals surface area contributed by atoms with Gasteiger partial charge in [-0.25, -0.2) is 0 Å². The van der Waals surface area contributed by atoms with E-state index < -0.39 is 6.04 Å². The van der Waals surface area contributed by atoms with E-state index in [0.717, 1.165) is 17.7 Å². The van der Waals surface area contributed by atoms with Gasteiger partial charge >= 0.3 is 0 Å². The van der Waals surface area contributed by atoms with E-state index in [4.69, 9.17) is 0 Å². The molecule has 102 valence electrons. The second kappa shape index (κ2) is 5.87. The van der Waals surface area contributed by atoms with Gasteiger partial charge in [-0.15, -0.1) is 0 Å². The van der Waals surface area contributed by atoms with Gasteiger partial charge in [0.25, 0.3) is 0 Å². The standard InChI is InChI=1S/C15H20N2O2/c1-10(2)9-14(18)16-13-8-7-11-5-3-4-6-12(11)17-15(13)19/h3-6,10,13H,7-9H2,1-2H3,(H,16,18)(H,17,19)/t13-/m1/s1. The zero-order chi connectivity index (χ0) is 13.8. The molecule has 1 aromatic rings. The predicted octanol–water partition coefficient (Wildman–Crippen LogP) is 2.10. The average Bonchev–Trinajstić information content (AvgIpc) is 2.48. The Bertz CT molecular complexity index is 483. The summed E-state index contributed by atoms with van der Waals surface area (Å²) in [5.74, 6) is 0.120. The molecule has 0 fully saturated rings. The van der Waals surface area contributed by atoms with Gasteiger partial charge in [0.05, 0.1) is 0 Å². The van der Waals surface area contributed by atoms with Crippen LogP contribution in [-0.4, -0.2) is 17.9 Å². The van der Waals surface area contributed by atoms with Crippen molar-refractivity contribution in [2.75, 3.05) is 5.32 Å². The summed E-state index contributed by atoms with van der Waals surface area (Å²) in [5.41, 5.74) is 1.98. The monoisotopic (exact) mass is 260 g/mol. The Morgan fingerprint density at radius 2 is 2.16 bits per heavy atom. The number of nitrogens with one attached hydrogen (secondary N) is 2. The van der Waals surface area contributed by atoms with Gasteiger partial charge in [0.1, 0.15) is 6.04 Å². The summed E-state index contributed by atoms with van der Waals surface area (Å²) in [4.78, 5) is 23.8. The molecule has 1 heterocycles. The van der Waals surface area contributed by atoms with Gasteiger partial charge in [0.15, 0.2) is 0 Å². The second-order valence-electron chi connectivity index (χ2n) is 5.40. The summed E-state index contributed by atoms with van der Waals surface area (Å²) in [6.45, 7) is 3.98. The van der Waals surface area contributed by atoms with Gasteiger partial charge in [-0.1, -0.05) is 32.0 Å². The van der Waals surface area contributed by atoms with Crippen LogP contribution in [0.1, 0.15) is 32.3 Å². The highest BCUT2D eigenvalue weighted by Crippen LogP contribution is 2.21. The summed E-state index contributed by atoms with van der Waals surface area (Å²) >= 11 is 0. The average molecular weight is 260 g/mol. The first-order valence-corrected chi connectivity index (χ1v) is 6.74. The summed E-state index contributed by atoms with van der Waals surface area (Å²) in [6, 6.07) is 7.33. The Morgan fingerprint density at radius 1 is 1.42 bits per heavy atom. The molecule has 0 saturated carbocycles. The Labute approximate surface area is 113 Å². The first kappa shape index (κ1) is 13.6. The van der Waals surface area contributed by atoms with Crippen LogP contribution in [0.5, 0.6) is 0 Å². The quantitative estimate of drug-likeness (QED) is 0.874. The van der Waals surface area contributed by atoms with Crippen molar-refractivity contribution in [3.8, 4) is 0 Å². The maximum absolute atomic E-state index is 12.1. The first-order valence-electron chi connectivity index (χ1n) is 6.74. The van der Waals surface area contributed by atoms with E-state index in [2.05, 4.69) is 10.6 Å².